The third-order valence-electron chi connectivity index (χ3n) is 4.47. The van der Waals surface area contributed by atoms with Crippen LogP contribution in [0.2, 0.25) is 0 Å². The smallest absolute Gasteiger partial charge is 0.279 e. The second-order valence-corrected chi connectivity index (χ2v) is 6.54. The molecule has 2 aromatic carbocycles. The first kappa shape index (κ1) is 16.8. The molecule has 0 bridgehead atoms. The average Bonchev–Trinajstić information content (AvgIpc) is 2.86. The van der Waals surface area contributed by atoms with Crippen LogP contribution in [0.25, 0.3) is 18.3 Å². The molecular formula is C21H23N3O. The number of anilines is 1. The molecule has 0 aliphatic rings. The lowest BCUT2D eigenvalue weighted by atomic mass is 10.1. The summed E-state index contributed by atoms with van der Waals surface area (Å²) in [6, 6.07) is 14.0. The summed E-state index contributed by atoms with van der Waals surface area (Å²) < 4.78 is 1.55. The molecule has 0 amide bonds. The molecule has 128 valence electrons. The van der Waals surface area contributed by atoms with E-state index < -0.39 is 0 Å². The molecule has 0 fully saturated rings. The number of aryl methyl sites for hydroxylation is 2. The molecule has 0 aliphatic carbocycles. The van der Waals surface area contributed by atoms with Crippen molar-refractivity contribution >= 4 is 18.3 Å². The zero-order valence-electron chi connectivity index (χ0n) is 15.1. The van der Waals surface area contributed by atoms with Gasteiger partial charge in [0.2, 0.25) is 0 Å². The van der Waals surface area contributed by atoms with Crippen molar-refractivity contribution in [3.8, 4) is 5.69 Å². The molecule has 1 heterocycles. The van der Waals surface area contributed by atoms with Crippen LogP contribution in [0.4, 0.5) is 5.69 Å². The van der Waals surface area contributed by atoms with Gasteiger partial charge in [0, 0.05) is 19.8 Å². The van der Waals surface area contributed by atoms with Crippen molar-refractivity contribution in [2.45, 2.75) is 13.8 Å². The second-order valence-electron chi connectivity index (χ2n) is 6.54. The van der Waals surface area contributed by atoms with Gasteiger partial charge < -0.3 is 4.90 Å². The topological polar surface area (TPSA) is 41.0 Å². The molecule has 4 nitrogen and oxygen atoms in total. The SMILES string of the molecule is C=c1[nH]n(-c2ccc(C)c(C)c2)c(=O)/c1=C/c1ccc(N(C)C)cc1. The fourth-order valence-electron chi connectivity index (χ4n) is 2.73. The van der Waals surface area contributed by atoms with Crippen LogP contribution in [0.5, 0.6) is 0 Å². The molecule has 0 aliphatic heterocycles. The predicted octanol–water partition coefficient (Wildman–Crippen LogP) is 2.09. The molecule has 0 atom stereocenters. The Bertz CT molecular complexity index is 1070. The Labute approximate surface area is 147 Å². The molecule has 0 unspecified atom stereocenters. The van der Waals surface area contributed by atoms with Crippen LogP contribution in [0.3, 0.4) is 0 Å². The zero-order valence-corrected chi connectivity index (χ0v) is 15.1. The Morgan fingerprint density at radius 3 is 2.32 bits per heavy atom. The van der Waals surface area contributed by atoms with E-state index in [0.717, 1.165) is 22.5 Å². The molecule has 0 radical (unpaired) electrons. The number of nitrogens with zero attached hydrogens (tertiary/aromatic N) is 2. The van der Waals surface area contributed by atoms with Gasteiger partial charge in [0.15, 0.2) is 0 Å². The summed E-state index contributed by atoms with van der Waals surface area (Å²) in [5.41, 5.74) is 5.17. The van der Waals surface area contributed by atoms with E-state index in [9.17, 15) is 4.79 Å². The summed E-state index contributed by atoms with van der Waals surface area (Å²) in [6.07, 6.45) is 1.87. The number of aromatic nitrogens is 2. The Hall–Kier alpha value is -3.01. The highest BCUT2D eigenvalue weighted by Gasteiger charge is 2.06. The van der Waals surface area contributed by atoms with Crippen molar-refractivity contribution in [3.05, 3.63) is 80.1 Å². The second kappa shape index (κ2) is 6.48. The van der Waals surface area contributed by atoms with Crippen LogP contribution in [0.15, 0.2) is 47.3 Å². The first-order valence-electron chi connectivity index (χ1n) is 8.23. The van der Waals surface area contributed by atoms with Crippen LogP contribution in [-0.2, 0) is 0 Å². The van der Waals surface area contributed by atoms with E-state index in [1.807, 2.05) is 74.5 Å². The van der Waals surface area contributed by atoms with Gasteiger partial charge >= 0.3 is 0 Å². The fraction of sp³-hybridized carbons (Fsp3) is 0.190. The van der Waals surface area contributed by atoms with E-state index in [2.05, 4.69) is 18.6 Å². The molecule has 3 rings (SSSR count). The van der Waals surface area contributed by atoms with Gasteiger partial charge in [-0.1, -0.05) is 24.8 Å². The zero-order chi connectivity index (χ0) is 18.1. The average molecular weight is 333 g/mol. The van der Waals surface area contributed by atoms with Crippen molar-refractivity contribution in [2.24, 2.45) is 0 Å². The van der Waals surface area contributed by atoms with Crippen LogP contribution >= 0.6 is 0 Å². The monoisotopic (exact) mass is 333 g/mol. The van der Waals surface area contributed by atoms with Crippen molar-refractivity contribution in [1.29, 1.82) is 0 Å². The van der Waals surface area contributed by atoms with Crippen molar-refractivity contribution in [1.82, 2.24) is 9.78 Å². The van der Waals surface area contributed by atoms with E-state index in [0.29, 0.717) is 10.6 Å². The van der Waals surface area contributed by atoms with Crippen molar-refractivity contribution in [3.63, 3.8) is 0 Å². The summed E-state index contributed by atoms with van der Waals surface area (Å²) in [7, 11) is 4.00. The molecule has 0 saturated carbocycles. The first-order valence-corrected chi connectivity index (χ1v) is 8.23. The van der Waals surface area contributed by atoms with Gasteiger partial charge in [-0.3, -0.25) is 9.89 Å². The summed E-state index contributed by atoms with van der Waals surface area (Å²) in [4.78, 5) is 14.9. The lowest BCUT2D eigenvalue weighted by Crippen LogP contribution is -2.33. The number of nitrogens with one attached hydrogen (secondary N) is 1. The lowest BCUT2D eigenvalue weighted by Gasteiger charge is -2.11. The minimum absolute atomic E-state index is 0.0926. The van der Waals surface area contributed by atoms with Crippen molar-refractivity contribution < 1.29 is 0 Å². The molecule has 3 aromatic rings. The molecule has 4 heteroatoms. The van der Waals surface area contributed by atoms with E-state index in [1.54, 1.807) is 4.68 Å². The van der Waals surface area contributed by atoms with E-state index in [4.69, 9.17) is 0 Å². The number of H-pyrrole nitrogens is 1. The maximum Gasteiger partial charge on any atom is 0.279 e. The van der Waals surface area contributed by atoms with E-state index >= 15 is 0 Å². The van der Waals surface area contributed by atoms with Gasteiger partial charge in [0.05, 0.1) is 16.3 Å². The molecule has 0 saturated heterocycles. The normalized spacial score (nSPS) is 11.8. The van der Waals surface area contributed by atoms with Gasteiger partial charge in [-0.2, -0.15) is 0 Å². The number of benzene rings is 2. The van der Waals surface area contributed by atoms with Gasteiger partial charge in [0.1, 0.15) is 0 Å². The molecule has 1 aromatic heterocycles. The summed E-state index contributed by atoms with van der Waals surface area (Å²) >= 11 is 0. The fourth-order valence-corrected chi connectivity index (χ4v) is 2.73. The van der Waals surface area contributed by atoms with Gasteiger partial charge in [-0.25, -0.2) is 4.68 Å². The van der Waals surface area contributed by atoms with E-state index in [-0.39, 0.29) is 5.56 Å². The highest BCUT2D eigenvalue weighted by molar-refractivity contribution is 5.55. The number of hydrogen-bond donors (Lipinski definition) is 1. The third kappa shape index (κ3) is 3.29. The standard InChI is InChI=1S/C21H23N3O/c1-14-6-9-19(12-15(14)2)24-21(25)20(16(3)22-24)13-17-7-10-18(11-8-17)23(4)5/h6-13,22H,3H2,1-2,4-5H3/b20-13+. The Morgan fingerprint density at radius 2 is 1.72 bits per heavy atom. The maximum atomic E-state index is 12.8. The molecule has 25 heavy (non-hydrogen) atoms. The Morgan fingerprint density at radius 1 is 1.04 bits per heavy atom. The van der Waals surface area contributed by atoms with Crippen LogP contribution < -0.4 is 21.0 Å². The van der Waals surface area contributed by atoms with Crippen LogP contribution in [0.1, 0.15) is 16.7 Å². The first-order chi connectivity index (χ1) is 11.9. The predicted molar refractivity (Wildman–Crippen MR) is 105 cm³/mol. The third-order valence-corrected chi connectivity index (χ3v) is 4.47. The molecule has 1 N–H and O–H groups in total. The van der Waals surface area contributed by atoms with Crippen LogP contribution in [0, 0.1) is 13.8 Å². The summed E-state index contributed by atoms with van der Waals surface area (Å²) in [6.45, 7) is 8.09. The Balaban J connectivity index is 2.09. The maximum absolute atomic E-state index is 12.8. The molecular weight excluding hydrogens is 310 g/mol. The quantitative estimate of drug-likeness (QED) is 0.797. The van der Waals surface area contributed by atoms with E-state index in [1.165, 1.54) is 5.56 Å². The minimum Gasteiger partial charge on any atom is -0.378 e. The highest BCUT2D eigenvalue weighted by Crippen LogP contribution is 2.13. The largest absolute Gasteiger partial charge is 0.378 e. The molecule has 0 spiro atoms. The van der Waals surface area contributed by atoms with Crippen LogP contribution in [-0.4, -0.2) is 23.9 Å². The summed E-state index contributed by atoms with van der Waals surface area (Å²) in [5.74, 6) is 0. The number of hydrogen-bond acceptors (Lipinski definition) is 2. The van der Waals surface area contributed by atoms with Gasteiger partial charge in [0.25, 0.3) is 5.56 Å². The van der Waals surface area contributed by atoms with Gasteiger partial charge in [-0.15, -0.1) is 0 Å². The van der Waals surface area contributed by atoms with Crippen molar-refractivity contribution in [2.75, 3.05) is 19.0 Å². The number of rotatable bonds is 3. The highest BCUT2D eigenvalue weighted by atomic mass is 16.1. The summed E-state index contributed by atoms with van der Waals surface area (Å²) in [5, 5.41) is 4.27. The number of aromatic amines is 1. The lowest BCUT2D eigenvalue weighted by molar-refractivity contribution is 0.837. The Kier molecular flexibility index (Phi) is 4.36. The van der Waals surface area contributed by atoms with Gasteiger partial charge in [-0.05, 0) is 60.9 Å². The minimum atomic E-state index is -0.0926.